The molecule has 1 aromatic heterocycles. The first kappa shape index (κ1) is 11.4. The summed E-state index contributed by atoms with van der Waals surface area (Å²) in [5, 5.41) is 19.3. The second kappa shape index (κ2) is 4.84. The Kier molecular flexibility index (Phi) is 3.46. The van der Waals surface area contributed by atoms with Crippen LogP contribution in [0.3, 0.4) is 0 Å². The van der Waals surface area contributed by atoms with Crippen molar-refractivity contribution in [3.05, 3.63) is 22.4 Å². The van der Waals surface area contributed by atoms with E-state index < -0.39 is 0 Å². The number of nitrogens with one attached hydrogen (secondary N) is 1. The minimum Gasteiger partial charge on any atom is -0.409 e. The summed E-state index contributed by atoms with van der Waals surface area (Å²) in [6.45, 7) is 1.85. The number of rotatable bonds is 6. The number of thiophene rings is 1. The average Bonchev–Trinajstić information content (AvgIpc) is 2.83. The summed E-state index contributed by atoms with van der Waals surface area (Å²) >= 11 is 1.72. The van der Waals surface area contributed by atoms with E-state index in [9.17, 15) is 0 Å². The van der Waals surface area contributed by atoms with Crippen molar-refractivity contribution in [2.45, 2.75) is 25.8 Å². The Balaban J connectivity index is 1.73. The lowest BCUT2D eigenvalue weighted by Gasteiger charge is -2.14. The van der Waals surface area contributed by atoms with Crippen LogP contribution in [0.1, 0.15) is 24.8 Å². The standard InChI is InChI=1S/C11H17N3OS/c12-10(14-15)5-11(2-3-11)8-13-6-9-1-4-16-7-9/h1,4,7,13,15H,2-3,5-6,8H2,(H2,12,14). The van der Waals surface area contributed by atoms with Gasteiger partial charge in [-0.15, -0.1) is 0 Å². The van der Waals surface area contributed by atoms with Gasteiger partial charge in [0.25, 0.3) is 0 Å². The Morgan fingerprint density at radius 1 is 1.62 bits per heavy atom. The first-order chi connectivity index (χ1) is 7.74. The van der Waals surface area contributed by atoms with Gasteiger partial charge in [0.1, 0.15) is 5.84 Å². The second-order valence-electron chi connectivity index (χ2n) is 4.50. The zero-order valence-corrected chi connectivity index (χ0v) is 9.96. The minimum atomic E-state index is 0.242. The fourth-order valence-corrected chi connectivity index (χ4v) is 2.55. The van der Waals surface area contributed by atoms with Gasteiger partial charge in [0.05, 0.1) is 0 Å². The number of hydrogen-bond acceptors (Lipinski definition) is 4. The van der Waals surface area contributed by atoms with Gasteiger partial charge in [-0.1, -0.05) is 5.16 Å². The van der Waals surface area contributed by atoms with Crippen molar-refractivity contribution >= 4 is 17.2 Å². The Morgan fingerprint density at radius 2 is 2.44 bits per heavy atom. The molecule has 0 atom stereocenters. The van der Waals surface area contributed by atoms with Crippen molar-refractivity contribution in [1.82, 2.24) is 5.32 Å². The van der Waals surface area contributed by atoms with E-state index in [1.807, 2.05) is 0 Å². The molecule has 1 aliphatic rings. The molecule has 5 heteroatoms. The van der Waals surface area contributed by atoms with Gasteiger partial charge < -0.3 is 16.3 Å². The molecule has 0 amide bonds. The van der Waals surface area contributed by atoms with E-state index in [4.69, 9.17) is 10.9 Å². The highest BCUT2D eigenvalue weighted by Gasteiger charge is 2.42. The summed E-state index contributed by atoms with van der Waals surface area (Å²) in [5.74, 6) is 0.342. The lowest BCUT2D eigenvalue weighted by Crippen LogP contribution is -2.28. The monoisotopic (exact) mass is 239 g/mol. The fourth-order valence-electron chi connectivity index (χ4n) is 1.88. The quantitative estimate of drug-likeness (QED) is 0.306. The summed E-state index contributed by atoms with van der Waals surface area (Å²) in [6, 6.07) is 2.13. The van der Waals surface area contributed by atoms with E-state index in [0.717, 1.165) is 13.1 Å². The van der Waals surface area contributed by atoms with Crippen LogP contribution in [0.4, 0.5) is 0 Å². The van der Waals surface area contributed by atoms with Gasteiger partial charge in [-0.2, -0.15) is 11.3 Å². The van der Waals surface area contributed by atoms with Crippen molar-refractivity contribution in [3.8, 4) is 0 Å². The Morgan fingerprint density at radius 3 is 3.00 bits per heavy atom. The molecule has 1 heterocycles. The summed E-state index contributed by atoms with van der Waals surface area (Å²) in [5.41, 5.74) is 7.11. The molecular formula is C11H17N3OS. The van der Waals surface area contributed by atoms with Crippen molar-refractivity contribution in [2.24, 2.45) is 16.3 Å². The molecule has 1 saturated carbocycles. The largest absolute Gasteiger partial charge is 0.409 e. The highest BCUT2D eigenvalue weighted by molar-refractivity contribution is 7.07. The normalized spacial score (nSPS) is 18.6. The maximum Gasteiger partial charge on any atom is 0.139 e. The van der Waals surface area contributed by atoms with Crippen molar-refractivity contribution in [2.75, 3.05) is 6.54 Å². The lowest BCUT2D eigenvalue weighted by molar-refractivity contribution is 0.314. The van der Waals surface area contributed by atoms with Crippen molar-refractivity contribution in [1.29, 1.82) is 0 Å². The minimum absolute atomic E-state index is 0.242. The first-order valence-corrected chi connectivity index (χ1v) is 6.37. The van der Waals surface area contributed by atoms with Crippen LogP contribution < -0.4 is 11.1 Å². The summed E-state index contributed by atoms with van der Waals surface area (Å²) in [6.07, 6.45) is 3.03. The Bertz CT molecular complexity index is 357. The molecule has 0 aromatic carbocycles. The third-order valence-corrected chi connectivity index (χ3v) is 3.78. The predicted octanol–water partition coefficient (Wildman–Crippen LogP) is 1.75. The van der Waals surface area contributed by atoms with Gasteiger partial charge in [0.15, 0.2) is 0 Å². The molecule has 0 spiro atoms. The number of oxime groups is 1. The molecule has 2 rings (SSSR count). The molecular weight excluding hydrogens is 222 g/mol. The fraction of sp³-hybridized carbons (Fsp3) is 0.545. The van der Waals surface area contributed by atoms with Crippen LogP contribution in [0.15, 0.2) is 22.0 Å². The molecule has 0 aliphatic heterocycles. The second-order valence-corrected chi connectivity index (χ2v) is 5.28. The lowest BCUT2D eigenvalue weighted by atomic mass is 10.0. The molecule has 88 valence electrons. The maximum absolute atomic E-state index is 8.55. The van der Waals surface area contributed by atoms with E-state index in [0.29, 0.717) is 12.3 Å². The number of hydrogen-bond donors (Lipinski definition) is 3. The van der Waals surface area contributed by atoms with Crippen LogP contribution in [0.5, 0.6) is 0 Å². The molecule has 1 aromatic rings. The highest BCUT2D eigenvalue weighted by atomic mass is 32.1. The Labute approximate surface area is 99.2 Å². The molecule has 16 heavy (non-hydrogen) atoms. The highest BCUT2D eigenvalue weighted by Crippen LogP contribution is 2.48. The van der Waals surface area contributed by atoms with Gasteiger partial charge in [-0.25, -0.2) is 0 Å². The number of nitrogens with two attached hydrogens (primary N) is 1. The number of nitrogens with zero attached hydrogens (tertiary/aromatic N) is 1. The third kappa shape index (κ3) is 2.96. The molecule has 1 fully saturated rings. The number of amidine groups is 1. The smallest absolute Gasteiger partial charge is 0.139 e. The van der Waals surface area contributed by atoms with E-state index in [1.54, 1.807) is 11.3 Å². The maximum atomic E-state index is 8.55. The van der Waals surface area contributed by atoms with Gasteiger partial charge in [0.2, 0.25) is 0 Å². The predicted molar refractivity (Wildman–Crippen MR) is 65.7 cm³/mol. The van der Waals surface area contributed by atoms with Gasteiger partial charge in [-0.3, -0.25) is 0 Å². The van der Waals surface area contributed by atoms with Crippen molar-refractivity contribution in [3.63, 3.8) is 0 Å². The molecule has 0 radical (unpaired) electrons. The van der Waals surface area contributed by atoms with Crippen LogP contribution in [0.25, 0.3) is 0 Å². The zero-order chi connectivity index (χ0) is 11.4. The molecule has 4 N–H and O–H groups in total. The topological polar surface area (TPSA) is 70.6 Å². The van der Waals surface area contributed by atoms with Crippen LogP contribution in [0, 0.1) is 5.41 Å². The zero-order valence-electron chi connectivity index (χ0n) is 9.15. The van der Waals surface area contributed by atoms with E-state index in [2.05, 4.69) is 27.3 Å². The molecule has 0 saturated heterocycles. The van der Waals surface area contributed by atoms with Gasteiger partial charge >= 0.3 is 0 Å². The van der Waals surface area contributed by atoms with Gasteiger partial charge in [0, 0.05) is 19.5 Å². The summed E-state index contributed by atoms with van der Waals surface area (Å²) < 4.78 is 0. The summed E-state index contributed by atoms with van der Waals surface area (Å²) in [4.78, 5) is 0. The van der Waals surface area contributed by atoms with Gasteiger partial charge in [-0.05, 0) is 40.6 Å². The van der Waals surface area contributed by atoms with Crippen molar-refractivity contribution < 1.29 is 5.21 Å². The Hall–Kier alpha value is -1.07. The third-order valence-electron chi connectivity index (χ3n) is 3.05. The average molecular weight is 239 g/mol. The molecule has 0 bridgehead atoms. The van der Waals surface area contributed by atoms with E-state index in [-0.39, 0.29) is 5.41 Å². The van der Waals surface area contributed by atoms with E-state index in [1.165, 1.54) is 18.4 Å². The van der Waals surface area contributed by atoms with Crippen LogP contribution in [-0.4, -0.2) is 17.6 Å². The van der Waals surface area contributed by atoms with E-state index >= 15 is 0 Å². The van der Waals surface area contributed by atoms with Crippen LogP contribution in [0.2, 0.25) is 0 Å². The SMILES string of the molecule is NC(CC1(CNCc2ccsc2)CC1)=NO. The van der Waals surface area contributed by atoms with Crippen LogP contribution >= 0.6 is 11.3 Å². The summed E-state index contributed by atoms with van der Waals surface area (Å²) in [7, 11) is 0. The van der Waals surface area contributed by atoms with Crippen LogP contribution in [-0.2, 0) is 6.54 Å². The molecule has 1 aliphatic carbocycles. The molecule has 0 unspecified atom stereocenters. The first-order valence-electron chi connectivity index (χ1n) is 5.42. The molecule has 4 nitrogen and oxygen atoms in total.